The number of hydrogen-bond acceptors (Lipinski definition) is 4. The van der Waals surface area contributed by atoms with Crippen LogP contribution >= 0.6 is 22.9 Å². The number of hydrogen-bond donors (Lipinski definition) is 1. The number of fused-ring (bicyclic) bond motifs is 1. The second-order valence-electron chi connectivity index (χ2n) is 6.40. The van der Waals surface area contributed by atoms with Crippen LogP contribution in [0.4, 0.5) is 11.4 Å². The number of carbonyl (C=O) groups is 1. The molecule has 0 bridgehead atoms. The zero-order chi connectivity index (χ0) is 19.7. The minimum Gasteiger partial charge on any atom is -0.482 e. The van der Waals surface area contributed by atoms with Gasteiger partial charge in [-0.2, -0.15) is 0 Å². The van der Waals surface area contributed by atoms with E-state index >= 15 is 0 Å². The molecule has 4 rings (SSSR count). The first-order chi connectivity index (χ1) is 13.5. The highest BCUT2D eigenvalue weighted by atomic mass is 35.5. The Bertz CT molecular complexity index is 1150. The Balaban J connectivity index is 1.80. The molecular weight excluding hydrogens is 394 g/mol. The van der Waals surface area contributed by atoms with Gasteiger partial charge in [0.15, 0.2) is 11.4 Å². The summed E-state index contributed by atoms with van der Waals surface area (Å²) in [7, 11) is 0. The van der Waals surface area contributed by atoms with E-state index in [-0.39, 0.29) is 12.5 Å². The van der Waals surface area contributed by atoms with Gasteiger partial charge in [-0.3, -0.25) is 4.79 Å². The lowest BCUT2D eigenvalue weighted by Crippen LogP contribution is -2.25. The Kier molecular flexibility index (Phi) is 5.07. The topological polar surface area (TPSA) is 55.6 Å². The van der Waals surface area contributed by atoms with Gasteiger partial charge in [0.05, 0.1) is 17.1 Å². The number of aryl methyl sites for hydroxylation is 1. The number of carbonyl (C=O) groups excluding carboxylic acids is 1. The number of anilines is 1. The molecule has 0 saturated heterocycles. The lowest BCUT2D eigenvalue weighted by Gasteiger charge is -2.18. The first kappa shape index (κ1) is 18.5. The average molecular weight is 412 g/mol. The molecule has 1 aliphatic rings. The van der Waals surface area contributed by atoms with Crippen LogP contribution in [0.1, 0.15) is 5.56 Å². The minimum absolute atomic E-state index is 0.0450. The summed E-state index contributed by atoms with van der Waals surface area (Å²) in [6, 6.07) is 11.5. The van der Waals surface area contributed by atoms with Gasteiger partial charge in [0.2, 0.25) is 0 Å². The molecule has 28 heavy (non-hydrogen) atoms. The third-order valence-electron chi connectivity index (χ3n) is 4.40. The zero-order valence-corrected chi connectivity index (χ0v) is 16.8. The highest BCUT2D eigenvalue weighted by Crippen LogP contribution is 2.33. The minimum atomic E-state index is -0.152. The SMILES string of the molecule is C=CCn1c(-c2ccc3c(c2)NC(=O)CO3)csc1=Nc1ccc(C)c(Cl)c1. The monoisotopic (exact) mass is 411 g/mol. The van der Waals surface area contributed by atoms with E-state index in [9.17, 15) is 4.79 Å². The lowest BCUT2D eigenvalue weighted by atomic mass is 10.1. The third kappa shape index (κ3) is 3.61. The Morgan fingerprint density at radius 1 is 1.36 bits per heavy atom. The van der Waals surface area contributed by atoms with Crippen LogP contribution in [0.5, 0.6) is 5.75 Å². The van der Waals surface area contributed by atoms with Gasteiger partial charge in [0, 0.05) is 22.5 Å². The molecule has 5 nitrogen and oxygen atoms in total. The first-order valence-corrected chi connectivity index (χ1v) is 9.98. The Morgan fingerprint density at radius 2 is 2.21 bits per heavy atom. The van der Waals surface area contributed by atoms with Crippen molar-refractivity contribution in [1.82, 2.24) is 4.57 Å². The van der Waals surface area contributed by atoms with Crippen molar-refractivity contribution in [3.63, 3.8) is 0 Å². The average Bonchev–Trinajstić information content (AvgIpc) is 3.07. The van der Waals surface area contributed by atoms with Gasteiger partial charge in [-0.1, -0.05) is 23.7 Å². The van der Waals surface area contributed by atoms with Gasteiger partial charge in [0.1, 0.15) is 5.75 Å². The lowest BCUT2D eigenvalue weighted by molar-refractivity contribution is -0.118. The molecule has 0 fully saturated rings. The van der Waals surface area contributed by atoms with Crippen LogP contribution in [0.3, 0.4) is 0 Å². The van der Waals surface area contributed by atoms with Crippen LogP contribution in [0, 0.1) is 6.92 Å². The molecule has 1 aliphatic heterocycles. The van der Waals surface area contributed by atoms with Crippen LogP contribution in [-0.4, -0.2) is 17.1 Å². The zero-order valence-electron chi connectivity index (χ0n) is 15.2. The second kappa shape index (κ2) is 7.66. The predicted octanol–water partition coefficient (Wildman–Crippen LogP) is 4.93. The second-order valence-corrected chi connectivity index (χ2v) is 7.64. The van der Waals surface area contributed by atoms with Crippen LogP contribution in [0.2, 0.25) is 5.02 Å². The first-order valence-electron chi connectivity index (χ1n) is 8.72. The van der Waals surface area contributed by atoms with Crippen LogP contribution in [0.25, 0.3) is 11.3 Å². The van der Waals surface area contributed by atoms with E-state index in [0.717, 1.165) is 27.3 Å². The van der Waals surface area contributed by atoms with E-state index in [1.165, 1.54) is 0 Å². The number of amides is 1. The van der Waals surface area contributed by atoms with Gasteiger partial charge in [-0.25, -0.2) is 4.99 Å². The maximum Gasteiger partial charge on any atom is 0.262 e. The smallest absolute Gasteiger partial charge is 0.262 e. The molecule has 1 amide bonds. The fraction of sp³-hybridized carbons (Fsp3) is 0.143. The molecule has 0 atom stereocenters. The number of halogens is 1. The molecule has 7 heteroatoms. The maximum atomic E-state index is 11.6. The summed E-state index contributed by atoms with van der Waals surface area (Å²) in [5, 5.41) is 5.59. The summed E-state index contributed by atoms with van der Waals surface area (Å²) in [6.45, 7) is 6.49. The number of allylic oxidation sites excluding steroid dienone is 1. The van der Waals surface area contributed by atoms with Crippen molar-refractivity contribution in [1.29, 1.82) is 0 Å². The number of rotatable bonds is 4. The van der Waals surface area contributed by atoms with Crippen molar-refractivity contribution in [3.8, 4) is 17.0 Å². The van der Waals surface area contributed by atoms with Gasteiger partial charge < -0.3 is 14.6 Å². The van der Waals surface area contributed by atoms with Crippen molar-refractivity contribution in [2.45, 2.75) is 13.5 Å². The van der Waals surface area contributed by atoms with Crippen LogP contribution < -0.4 is 14.9 Å². The molecular formula is C21H18ClN3O2S. The molecule has 0 unspecified atom stereocenters. The van der Waals surface area contributed by atoms with E-state index in [0.29, 0.717) is 23.0 Å². The number of nitrogens with zero attached hydrogens (tertiary/aromatic N) is 2. The number of benzene rings is 2. The molecule has 2 heterocycles. The van der Waals surface area contributed by atoms with Crippen LogP contribution in [0.15, 0.2) is 59.4 Å². The maximum absolute atomic E-state index is 11.6. The molecule has 0 saturated carbocycles. The molecule has 0 aliphatic carbocycles. The molecule has 3 aromatic rings. The third-order valence-corrected chi connectivity index (χ3v) is 5.67. The van der Waals surface area contributed by atoms with Crippen molar-refractivity contribution >= 4 is 40.2 Å². The molecule has 1 N–H and O–H groups in total. The highest BCUT2D eigenvalue weighted by Gasteiger charge is 2.17. The summed E-state index contributed by atoms with van der Waals surface area (Å²) < 4.78 is 7.53. The fourth-order valence-corrected chi connectivity index (χ4v) is 4.07. The van der Waals surface area contributed by atoms with E-state index < -0.39 is 0 Å². The standard InChI is InChI=1S/C21H18ClN3O2S/c1-3-8-25-18(14-5-7-19-17(9-14)24-20(26)11-27-19)12-28-21(25)23-15-6-4-13(2)16(22)10-15/h3-7,9-10,12H,1,8,11H2,2H3,(H,24,26). The number of thiazole rings is 1. The molecule has 0 radical (unpaired) electrons. The normalized spacial score (nSPS) is 13.6. The Morgan fingerprint density at radius 3 is 3.00 bits per heavy atom. The Hall–Kier alpha value is -2.83. The largest absolute Gasteiger partial charge is 0.482 e. The van der Waals surface area contributed by atoms with E-state index in [2.05, 4.69) is 16.5 Å². The van der Waals surface area contributed by atoms with Crippen molar-refractivity contribution in [2.75, 3.05) is 11.9 Å². The molecule has 1 aromatic heterocycles. The number of ether oxygens (including phenoxy) is 1. The summed E-state index contributed by atoms with van der Waals surface area (Å²) in [4.78, 5) is 17.2. The quantitative estimate of drug-likeness (QED) is 0.619. The van der Waals surface area contributed by atoms with E-state index in [1.54, 1.807) is 11.3 Å². The van der Waals surface area contributed by atoms with Crippen molar-refractivity contribution < 1.29 is 9.53 Å². The molecule has 2 aromatic carbocycles. The number of aromatic nitrogens is 1. The summed E-state index contributed by atoms with van der Waals surface area (Å²) in [6.07, 6.45) is 1.83. The Labute approximate surface area is 171 Å². The van der Waals surface area contributed by atoms with Crippen molar-refractivity contribution in [2.24, 2.45) is 4.99 Å². The number of nitrogens with one attached hydrogen (secondary N) is 1. The summed E-state index contributed by atoms with van der Waals surface area (Å²) >= 11 is 7.78. The summed E-state index contributed by atoms with van der Waals surface area (Å²) in [5.74, 6) is 0.522. The highest BCUT2D eigenvalue weighted by molar-refractivity contribution is 7.07. The fourth-order valence-electron chi connectivity index (χ4n) is 2.96. The van der Waals surface area contributed by atoms with Gasteiger partial charge in [-0.15, -0.1) is 17.9 Å². The van der Waals surface area contributed by atoms with Gasteiger partial charge in [-0.05, 0) is 42.8 Å². The van der Waals surface area contributed by atoms with Gasteiger partial charge in [0.25, 0.3) is 5.91 Å². The van der Waals surface area contributed by atoms with Gasteiger partial charge >= 0.3 is 0 Å². The van der Waals surface area contributed by atoms with Crippen LogP contribution in [-0.2, 0) is 11.3 Å². The predicted molar refractivity (Wildman–Crippen MR) is 113 cm³/mol. The molecule has 0 spiro atoms. The summed E-state index contributed by atoms with van der Waals surface area (Å²) in [5.41, 5.74) is 4.45. The van der Waals surface area contributed by atoms with Crippen molar-refractivity contribution in [3.05, 3.63) is 69.8 Å². The van der Waals surface area contributed by atoms with E-state index in [1.807, 2.05) is 54.8 Å². The molecule has 142 valence electrons. The van der Waals surface area contributed by atoms with E-state index in [4.69, 9.17) is 21.3 Å².